The number of nitro benzene ring substituents is 1. The lowest BCUT2D eigenvalue weighted by Crippen LogP contribution is -2.39. The Kier molecular flexibility index (Phi) is 4.33. The number of phenols is 1. The third-order valence-electron chi connectivity index (χ3n) is 3.18. The number of para-hydroxylation sites is 1. The van der Waals surface area contributed by atoms with E-state index in [1.807, 2.05) is 0 Å². The summed E-state index contributed by atoms with van der Waals surface area (Å²) in [5, 5.41) is 23.2. The van der Waals surface area contributed by atoms with Gasteiger partial charge in [-0.2, -0.15) is 0 Å². The number of nitro groups is 1. The fourth-order valence-corrected chi connectivity index (χ4v) is 3.36. The first-order chi connectivity index (χ1) is 9.49. The Bertz CT molecular complexity index is 565. The molecule has 0 spiro atoms. The number of hydrogen-bond acceptors (Lipinski definition) is 5. The number of nitrogens with zero attached hydrogens (tertiary/aromatic N) is 1. The zero-order chi connectivity index (χ0) is 14.7. The van der Waals surface area contributed by atoms with Crippen molar-refractivity contribution in [2.75, 3.05) is 11.5 Å². The van der Waals surface area contributed by atoms with Crippen LogP contribution in [0.4, 0.5) is 5.69 Å². The van der Waals surface area contributed by atoms with Gasteiger partial charge < -0.3 is 10.4 Å². The van der Waals surface area contributed by atoms with Crippen molar-refractivity contribution < 1.29 is 19.0 Å². The van der Waals surface area contributed by atoms with Crippen LogP contribution in [0.2, 0.25) is 0 Å². The Hall–Kier alpha value is -1.96. The molecule has 1 aliphatic heterocycles. The number of rotatable bonds is 3. The molecule has 20 heavy (non-hydrogen) atoms. The highest BCUT2D eigenvalue weighted by Gasteiger charge is 2.24. The van der Waals surface area contributed by atoms with E-state index >= 15 is 0 Å². The molecule has 8 heteroatoms. The van der Waals surface area contributed by atoms with Gasteiger partial charge in [-0.25, -0.2) is 0 Å². The lowest BCUT2D eigenvalue weighted by atomic mass is 10.1. The van der Waals surface area contributed by atoms with Crippen molar-refractivity contribution in [3.63, 3.8) is 0 Å². The average molecular weight is 298 g/mol. The number of hydrogen-bond donors (Lipinski definition) is 2. The molecular formula is C12H14N2O5S. The molecule has 2 rings (SSSR count). The van der Waals surface area contributed by atoms with E-state index in [0.717, 1.165) is 6.07 Å². The number of amides is 1. The Morgan fingerprint density at radius 3 is 2.65 bits per heavy atom. The molecule has 2 N–H and O–H groups in total. The lowest BCUT2D eigenvalue weighted by Gasteiger charge is -2.22. The standard InChI is InChI=1S/C12H14N2O5S/c15-11-9(2-1-3-10(11)14(17)18)12(16)13-8-4-6-20(19)7-5-8/h1-3,8,15H,4-7H2,(H,13,16). The Morgan fingerprint density at radius 2 is 2.05 bits per heavy atom. The number of carbonyl (C=O) groups is 1. The van der Waals surface area contributed by atoms with Crippen molar-refractivity contribution in [3.8, 4) is 5.75 Å². The zero-order valence-electron chi connectivity index (χ0n) is 10.6. The molecule has 0 radical (unpaired) electrons. The van der Waals surface area contributed by atoms with Gasteiger partial charge in [0.1, 0.15) is 0 Å². The fourth-order valence-electron chi connectivity index (χ4n) is 2.06. The maximum atomic E-state index is 12.0. The van der Waals surface area contributed by atoms with Crippen molar-refractivity contribution in [2.45, 2.75) is 18.9 Å². The summed E-state index contributed by atoms with van der Waals surface area (Å²) in [5.41, 5.74) is -0.617. The van der Waals surface area contributed by atoms with Crippen LogP contribution in [0, 0.1) is 10.1 Å². The topological polar surface area (TPSA) is 110 Å². The Labute approximate surface area is 117 Å². The van der Waals surface area contributed by atoms with Crippen molar-refractivity contribution >= 4 is 22.4 Å². The van der Waals surface area contributed by atoms with Crippen molar-refractivity contribution in [1.29, 1.82) is 0 Å². The summed E-state index contributed by atoms with van der Waals surface area (Å²) in [6, 6.07) is 3.70. The third kappa shape index (κ3) is 3.13. The van der Waals surface area contributed by atoms with Crippen molar-refractivity contribution in [2.24, 2.45) is 0 Å². The molecule has 0 saturated carbocycles. The van der Waals surface area contributed by atoms with E-state index in [1.165, 1.54) is 12.1 Å². The van der Waals surface area contributed by atoms with E-state index in [2.05, 4.69) is 5.32 Å². The van der Waals surface area contributed by atoms with Crippen LogP contribution < -0.4 is 5.32 Å². The molecule has 108 valence electrons. The van der Waals surface area contributed by atoms with Gasteiger partial charge in [0.05, 0.1) is 10.5 Å². The molecule has 1 aliphatic rings. The second-order valence-electron chi connectivity index (χ2n) is 4.53. The summed E-state index contributed by atoms with van der Waals surface area (Å²) in [6.45, 7) is 0. The Morgan fingerprint density at radius 1 is 1.40 bits per heavy atom. The minimum atomic E-state index is -0.824. The second-order valence-corrected chi connectivity index (χ2v) is 6.22. The number of nitrogens with one attached hydrogen (secondary N) is 1. The van der Waals surface area contributed by atoms with Crippen LogP contribution in [0.25, 0.3) is 0 Å². The predicted octanol–water partition coefficient (Wildman–Crippen LogP) is 0.941. The first-order valence-electron chi connectivity index (χ1n) is 6.11. The summed E-state index contributed by atoms with van der Waals surface area (Å²) < 4.78 is 11.2. The first kappa shape index (κ1) is 14.4. The van der Waals surface area contributed by atoms with E-state index in [0.29, 0.717) is 24.3 Å². The molecule has 1 aromatic carbocycles. The summed E-state index contributed by atoms with van der Waals surface area (Å²) in [7, 11) is -0.824. The predicted molar refractivity (Wildman–Crippen MR) is 73.1 cm³/mol. The molecule has 0 atom stereocenters. The van der Waals surface area contributed by atoms with Crippen LogP contribution in [0.1, 0.15) is 23.2 Å². The van der Waals surface area contributed by atoms with E-state index in [1.54, 1.807) is 0 Å². The summed E-state index contributed by atoms with van der Waals surface area (Å²) in [6.07, 6.45) is 1.21. The number of phenolic OH excluding ortho intramolecular Hbond substituents is 1. The molecular weight excluding hydrogens is 284 g/mol. The van der Waals surface area contributed by atoms with Gasteiger partial charge in [0.25, 0.3) is 5.91 Å². The maximum Gasteiger partial charge on any atom is 0.311 e. The van der Waals surface area contributed by atoms with E-state index in [9.17, 15) is 24.2 Å². The third-order valence-corrected chi connectivity index (χ3v) is 4.56. The van der Waals surface area contributed by atoms with Gasteiger partial charge in [0.2, 0.25) is 5.75 Å². The molecule has 7 nitrogen and oxygen atoms in total. The molecule has 1 saturated heterocycles. The molecule has 1 aromatic rings. The molecule has 1 fully saturated rings. The molecule has 1 heterocycles. The van der Waals surface area contributed by atoms with Crippen LogP contribution in [0.3, 0.4) is 0 Å². The van der Waals surface area contributed by atoms with Crippen LogP contribution >= 0.6 is 0 Å². The molecule has 1 amide bonds. The zero-order valence-corrected chi connectivity index (χ0v) is 11.4. The fraction of sp³-hybridized carbons (Fsp3) is 0.417. The van der Waals surface area contributed by atoms with Gasteiger partial charge in [-0.15, -0.1) is 0 Å². The SMILES string of the molecule is O=C(NC1CCS(=O)CC1)c1cccc([N+](=O)[O-])c1O. The smallest absolute Gasteiger partial charge is 0.311 e. The van der Waals surface area contributed by atoms with Crippen LogP contribution in [0.15, 0.2) is 18.2 Å². The quantitative estimate of drug-likeness (QED) is 0.637. The van der Waals surface area contributed by atoms with E-state index in [4.69, 9.17) is 0 Å². The summed E-state index contributed by atoms with van der Waals surface area (Å²) in [5.74, 6) is -0.115. The van der Waals surface area contributed by atoms with Gasteiger partial charge in [-0.1, -0.05) is 6.07 Å². The van der Waals surface area contributed by atoms with Gasteiger partial charge >= 0.3 is 5.69 Å². The minimum Gasteiger partial charge on any atom is -0.502 e. The van der Waals surface area contributed by atoms with E-state index in [-0.39, 0.29) is 11.6 Å². The lowest BCUT2D eigenvalue weighted by molar-refractivity contribution is -0.385. The van der Waals surface area contributed by atoms with Crippen LogP contribution in [0.5, 0.6) is 5.75 Å². The number of carbonyl (C=O) groups excluding carboxylic acids is 1. The van der Waals surface area contributed by atoms with Gasteiger partial charge in [0, 0.05) is 34.4 Å². The van der Waals surface area contributed by atoms with Crippen LogP contribution in [-0.2, 0) is 10.8 Å². The monoisotopic (exact) mass is 298 g/mol. The van der Waals surface area contributed by atoms with Gasteiger partial charge in [-0.05, 0) is 18.9 Å². The molecule has 0 bridgehead atoms. The first-order valence-corrected chi connectivity index (χ1v) is 7.60. The van der Waals surface area contributed by atoms with Gasteiger partial charge in [0.15, 0.2) is 0 Å². The Balaban J connectivity index is 2.11. The van der Waals surface area contributed by atoms with Crippen LogP contribution in [-0.4, -0.2) is 37.7 Å². The minimum absolute atomic E-state index is 0.112. The average Bonchev–Trinajstić information content (AvgIpc) is 2.41. The maximum absolute atomic E-state index is 12.0. The largest absolute Gasteiger partial charge is 0.502 e. The van der Waals surface area contributed by atoms with E-state index < -0.39 is 33.1 Å². The van der Waals surface area contributed by atoms with Crippen molar-refractivity contribution in [3.05, 3.63) is 33.9 Å². The number of benzene rings is 1. The number of aromatic hydroxyl groups is 1. The van der Waals surface area contributed by atoms with Crippen molar-refractivity contribution in [1.82, 2.24) is 5.32 Å². The highest BCUT2D eigenvalue weighted by Crippen LogP contribution is 2.29. The summed E-state index contributed by atoms with van der Waals surface area (Å²) >= 11 is 0. The van der Waals surface area contributed by atoms with Gasteiger partial charge in [-0.3, -0.25) is 19.1 Å². The highest BCUT2D eigenvalue weighted by atomic mass is 32.2. The highest BCUT2D eigenvalue weighted by molar-refractivity contribution is 7.85. The molecule has 0 aromatic heterocycles. The molecule has 0 unspecified atom stereocenters. The normalized spacial score (nSPS) is 22.2. The second kappa shape index (κ2) is 6.00. The molecule has 0 aliphatic carbocycles. The summed E-state index contributed by atoms with van der Waals surface area (Å²) in [4.78, 5) is 22.0.